The fourth-order valence-corrected chi connectivity index (χ4v) is 5.26. The number of nitrogens with one attached hydrogen (secondary N) is 1. The van der Waals surface area contributed by atoms with Gasteiger partial charge in [-0.2, -0.15) is 0 Å². The minimum Gasteiger partial charge on any atom is -0.314 e. The van der Waals surface area contributed by atoms with E-state index in [9.17, 15) is 8.42 Å². The summed E-state index contributed by atoms with van der Waals surface area (Å²) in [5, 5.41) is 4.09. The van der Waals surface area contributed by atoms with Gasteiger partial charge in [-0.1, -0.05) is 36.5 Å². The van der Waals surface area contributed by atoms with Gasteiger partial charge in [0.25, 0.3) is 0 Å². The molecule has 0 aromatic heterocycles. The van der Waals surface area contributed by atoms with Crippen molar-refractivity contribution < 1.29 is 8.42 Å². The van der Waals surface area contributed by atoms with Crippen molar-refractivity contribution in [3.8, 4) is 0 Å². The zero-order valence-electron chi connectivity index (χ0n) is 12.1. The van der Waals surface area contributed by atoms with Gasteiger partial charge in [-0.05, 0) is 49.9 Å². The van der Waals surface area contributed by atoms with E-state index in [0.29, 0.717) is 23.4 Å². The normalized spacial score (nSPS) is 22.6. The summed E-state index contributed by atoms with van der Waals surface area (Å²) >= 11 is 11.9. The lowest BCUT2D eigenvalue weighted by Gasteiger charge is -2.20. The van der Waals surface area contributed by atoms with Crippen molar-refractivity contribution >= 4 is 33.0 Å². The van der Waals surface area contributed by atoms with Crippen molar-refractivity contribution in [2.24, 2.45) is 5.92 Å². The molecule has 118 valence electrons. The Morgan fingerprint density at radius 3 is 2.76 bits per heavy atom. The summed E-state index contributed by atoms with van der Waals surface area (Å²) in [6.45, 7) is 3.01. The first kappa shape index (κ1) is 17.1. The molecule has 2 atom stereocenters. The van der Waals surface area contributed by atoms with Gasteiger partial charge in [-0.25, -0.2) is 8.42 Å². The smallest absolute Gasteiger partial charge is 0.179 e. The van der Waals surface area contributed by atoms with Gasteiger partial charge in [0.05, 0.1) is 15.7 Å². The van der Waals surface area contributed by atoms with E-state index in [0.717, 1.165) is 19.4 Å². The minimum atomic E-state index is -3.38. The van der Waals surface area contributed by atoms with Crippen LogP contribution in [-0.2, 0) is 9.84 Å². The summed E-state index contributed by atoms with van der Waals surface area (Å²) < 4.78 is 24.9. The van der Waals surface area contributed by atoms with Gasteiger partial charge < -0.3 is 5.32 Å². The molecule has 0 heterocycles. The second kappa shape index (κ2) is 7.32. The van der Waals surface area contributed by atoms with Crippen molar-refractivity contribution in [2.45, 2.75) is 43.5 Å². The molecule has 0 bridgehead atoms. The van der Waals surface area contributed by atoms with Gasteiger partial charge in [0.1, 0.15) is 0 Å². The lowest BCUT2D eigenvalue weighted by molar-refractivity contribution is 0.398. The predicted octanol–water partition coefficient (Wildman–Crippen LogP) is 3.94. The van der Waals surface area contributed by atoms with Crippen molar-refractivity contribution in [1.29, 1.82) is 0 Å². The molecule has 1 aromatic carbocycles. The first-order valence-corrected chi connectivity index (χ1v) is 9.76. The Bertz CT molecular complexity index is 589. The Balaban J connectivity index is 2.06. The maximum absolute atomic E-state index is 12.5. The van der Waals surface area contributed by atoms with Gasteiger partial charge in [0, 0.05) is 11.1 Å². The van der Waals surface area contributed by atoms with Gasteiger partial charge in [0.15, 0.2) is 9.84 Å². The standard InChI is InChI=1S/C15H21Cl2NO2S/c1-2-18-14-5-3-4-11(14)8-9-21(19,20)15-10-12(16)6-7-13(15)17/h6-7,10-11,14,18H,2-5,8-9H2,1H3. The zero-order valence-corrected chi connectivity index (χ0v) is 14.4. The molecule has 2 rings (SSSR count). The molecular formula is C15H21Cl2NO2S. The second-order valence-electron chi connectivity index (χ2n) is 5.54. The molecule has 6 heteroatoms. The van der Waals surface area contributed by atoms with Crippen LogP contribution in [0.15, 0.2) is 23.1 Å². The maximum atomic E-state index is 12.5. The molecule has 3 nitrogen and oxygen atoms in total. The van der Waals surface area contributed by atoms with Gasteiger partial charge in [-0.15, -0.1) is 0 Å². The Hall–Kier alpha value is -0.290. The van der Waals surface area contributed by atoms with E-state index in [1.807, 2.05) is 0 Å². The molecule has 1 saturated carbocycles. The molecule has 0 spiro atoms. The topological polar surface area (TPSA) is 46.2 Å². The lowest BCUT2D eigenvalue weighted by atomic mass is 10.0. The zero-order chi connectivity index (χ0) is 15.5. The van der Waals surface area contributed by atoms with E-state index >= 15 is 0 Å². The van der Waals surface area contributed by atoms with Gasteiger partial charge in [0.2, 0.25) is 0 Å². The molecule has 0 aliphatic heterocycles. The van der Waals surface area contributed by atoms with E-state index in [4.69, 9.17) is 23.2 Å². The highest BCUT2D eigenvalue weighted by molar-refractivity contribution is 7.91. The molecule has 1 N–H and O–H groups in total. The molecule has 1 aliphatic rings. The third-order valence-corrected chi connectivity index (χ3v) is 6.57. The number of hydrogen-bond acceptors (Lipinski definition) is 3. The van der Waals surface area contributed by atoms with Gasteiger partial charge in [-0.3, -0.25) is 0 Å². The van der Waals surface area contributed by atoms with Crippen LogP contribution in [0.25, 0.3) is 0 Å². The summed E-state index contributed by atoms with van der Waals surface area (Å²) in [4.78, 5) is 0.148. The van der Waals surface area contributed by atoms with Crippen LogP contribution in [0.1, 0.15) is 32.6 Å². The molecule has 1 aromatic rings. The number of hydrogen-bond donors (Lipinski definition) is 1. The van der Waals surface area contributed by atoms with Crippen LogP contribution in [0.2, 0.25) is 10.0 Å². The summed E-state index contributed by atoms with van der Waals surface area (Å²) in [5.74, 6) is 0.553. The lowest BCUT2D eigenvalue weighted by Crippen LogP contribution is -2.33. The molecule has 1 aliphatic carbocycles. The van der Waals surface area contributed by atoms with E-state index in [2.05, 4.69) is 12.2 Å². The molecule has 0 radical (unpaired) electrons. The van der Waals surface area contributed by atoms with Crippen LogP contribution in [0.5, 0.6) is 0 Å². The fourth-order valence-electron chi connectivity index (χ4n) is 3.05. The summed E-state index contributed by atoms with van der Waals surface area (Å²) in [6, 6.07) is 5.02. The number of rotatable bonds is 6. The third-order valence-electron chi connectivity index (χ3n) is 4.11. The van der Waals surface area contributed by atoms with Crippen LogP contribution in [0.3, 0.4) is 0 Å². The number of halogens is 2. The SMILES string of the molecule is CCNC1CCCC1CCS(=O)(=O)c1cc(Cl)ccc1Cl. The van der Waals surface area contributed by atoms with Crippen molar-refractivity contribution in [1.82, 2.24) is 5.32 Å². The maximum Gasteiger partial charge on any atom is 0.179 e. The molecule has 0 amide bonds. The highest BCUT2D eigenvalue weighted by Crippen LogP contribution is 2.31. The van der Waals surface area contributed by atoms with Crippen molar-refractivity contribution in [2.75, 3.05) is 12.3 Å². The molecule has 2 unspecified atom stereocenters. The Labute approximate surface area is 136 Å². The monoisotopic (exact) mass is 349 g/mol. The average molecular weight is 350 g/mol. The Morgan fingerprint density at radius 2 is 2.05 bits per heavy atom. The Morgan fingerprint density at radius 1 is 1.29 bits per heavy atom. The van der Waals surface area contributed by atoms with Gasteiger partial charge >= 0.3 is 0 Å². The van der Waals surface area contributed by atoms with Crippen LogP contribution >= 0.6 is 23.2 Å². The number of benzene rings is 1. The predicted molar refractivity (Wildman–Crippen MR) is 87.9 cm³/mol. The van der Waals surface area contributed by atoms with Crippen LogP contribution in [0, 0.1) is 5.92 Å². The second-order valence-corrected chi connectivity index (χ2v) is 8.46. The van der Waals surface area contributed by atoms with E-state index in [1.165, 1.54) is 18.6 Å². The van der Waals surface area contributed by atoms with Crippen LogP contribution in [0.4, 0.5) is 0 Å². The minimum absolute atomic E-state index is 0.125. The molecule has 21 heavy (non-hydrogen) atoms. The molecule has 1 fully saturated rings. The summed E-state index contributed by atoms with van der Waals surface area (Å²) in [6.07, 6.45) is 4.07. The third kappa shape index (κ3) is 4.35. The average Bonchev–Trinajstić information content (AvgIpc) is 2.87. The highest BCUT2D eigenvalue weighted by Gasteiger charge is 2.28. The van der Waals surface area contributed by atoms with E-state index in [1.54, 1.807) is 6.07 Å². The first-order chi connectivity index (χ1) is 9.94. The summed E-state index contributed by atoms with van der Waals surface area (Å²) in [5.41, 5.74) is 0. The largest absolute Gasteiger partial charge is 0.314 e. The van der Waals surface area contributed by atoms with E-state index < -0.39 is 9.84 Å². The van der Waals surface area contributed by atoms with Crippen LogP contribution < -0.4 is 5.32 Å². The van der Waals surface area contributed by atoms with Crippen molar-refractivity contribution in [3.63, 3.8) is 0 Å². The fraction of sp³-hybridized carbons (Fsp3) is 0.600. The van der Waals surface area contributed by atoms with Crippen LogP contribution in [-0.4, -0.2) is 26.8 Å². The highest BCUT2D eigenvalue weighted by atomic mass is 35.5. The van der Waals surface area contributed by atoms with E-state index in [-0.39, 0.29) is 15.7 Å². The Kier molecular flexibility index (Phi) is 5.95. The molecular weight excluding hydrogens is 329 g/mol. The molecule has 0 saturated heterocycles. The first-order valence-electron chi connectivity index (χ1n) is 7.35. The number of sulfone groups is 1. The summed E-state index contributed by atoms with van der Waals surface area (Å²) in [7, 11) is -3.38. The quantitative estimate of drug-likeness (QED) is 0.845. The van der Waals surface area contributed by atoms with Crippen molar-refractivity contribution in [3.05, 3.63) is 28.2 Å².